The van der Waals surface area contributed by atoms with Gasteiger partial charge in [0.15, 0.2) is 5.60 Å². The van der Waals surface area contributed by atoms with Crippen LogP contribution in [-0.2, 0) is 17.4 Å². The van der Waals surface area contributed by atoms with Crippen molar-refractivity contribution in [3.8, 4) is 11.3 Å². The van der Waals surface area contributed by atoms with E-state index in [2.05, 4.69) is 21.0 Å². The quantitative estimate of drug-likeness (QED) is 0.900. The van der Waals surface area contributed by atoms with Crippen LogP contribution in [0.2, 0.25) is 0 Å². The van der Waals surface area contributed by atoms with Crippen LogP contribution in [-0.4, -0.2) is 39.3 Å². The van der Waals surface area contributed by atoms with Crippen molar-refractivity contribution in [2.24, 2.45) is 7.05 Å². The predicted octanol–water partition coefficient (Wildman–Crippen LogP) is 1.90. The highest BCUT2D eigenvalue weighted by Gasteiger charge is 2.45. The van der Waals surface area contributed by atoms with E-state index in [1.807, 2.05) is 31.3 Å². The Morgan fingerprint density at radius 1 is 1.33 bits per heavy atom. The largest absolute Gasteiger partial charge is 0.375 e. The molecule has 1 N–H and O–H groups in total. The minimum atomic E-state index is -1.42. The van der Waals surface area contributed by atoms with E-state index < -0.39 is 5.60 Å². The fourth-order valence-corrected chi connectivity index (χ4v) is 3.21. The molecule has 1 aromatic carbocycles. The third-order valence-electron chi connectivity index (χ3n) is 4.00. The Morgan fingerprint density at radius 3 is 2.67 bits per heavy atom. The molecule has 0 unspecified atom stereocenters. The number of hydrogen-bond donors (Lipinski definition) is 1. The first-order chi connectivity index (χ1) is 9.91. The van der Waals surface area contributed by atoms with Crippen LogP contribution >= 0.6 is 15.9 Å². The van der Waals surface area contributed by atoms with Crippen molar-refractivity contribution in [1.82, 2.24) is 14.7 Å². The van der Waals surface area contributed by atoms with Gasteiger partial charge in [-0.1, -0.05) is 18.2 Å². The highest BCUT2D eigenvalue weighted by atomic mass is 79.9. The van der Waals surface area contributed by atoms with Gasteiger partial charge in [-0.3, -0.25) is 9.48 Å². The SMILES string of the molecule is CN1CC[C@@](O)(c2cccc(-c3cc(Br)nn3C)c2)C1=O. The first-order valence-corrected chi connectivity index (χ1v) is 7.49. The van der Waals surface area contributed by atoms with E-state index in [9.17, 15) is 9.90 Å². The molecule has 0 aliphatic carbocycles. The van der Waals surface area contributed by atoms with E-state index >= 15 is 0 Å². The molecular formula is C15H16BrN3O2. The summed E-state index contributed by atoms with van der Waals surface area (Å²) >= 11 is 3.35. The zero-order chi connectivity index (χ0) is 15.2. The standard InChI is InChI=1S/C15H16BrN3O2/c1-18-7-6-15(21,14(18)20)11-5-3-4-10(8-11)12-9-13(16)17-19(12)2/h3-5,8-9,21H,6-7H2,1-2H3/t15-/m1/s1. The molecule has 1 amide bonds. The van der Waals surface area contributed by atoms with E-state index in [0.717, 1.165) is 15.9 Å². The molecular weight excluding hydrogens is 334 g/mol. The van der Waals surface area contributed by atoms with Gasteiger partial charge in [0.25, 0.3) is 5.91 Å². The number of nitrogens with zero attached hydrogens (tertiary/aromatic N) is 3. The maximum atomic E-state index is 12.2. The average Bonchev–Trinajstić information content (AvgIpc) is 2.94. The van der Waals surface area contributed by atoms with Crippen LogP contribution in [0.1, 0.15) is 12.0 Å². The lowest BCUT2D eigenvalue weighted by atomic mass is 9.90. The van der Waals surface area contributed by atoms with Crippen LogP contribution in [0.5, 0.6) is 0 Å². The minimum Gasteiger partial charge on any atom is -0.375 e. The molecule has 1 saturated heterocycles. The molecule has 6 heteroatoms. The van der Waals surface area contributed by atoms with Gasteiger partial charge in [0.05, 0.1) is 5.69 Å². The summed E-state index contributed by atoms with van der Waals surface area (Å²) in [5.74, 6) is -0.245. The van der Waals surface area contributed by atoms with Crippen LogP contribution in [0.3, 0.4) is 0 Å². The van der Waals surface area contributed by atoms with Gasteiger partial charge in [-0.15, -0.1) is 0 Å². The molecule has 5 nitrogen and oxygen atoms in total. The Kier molecular flexibility index (Phi) is 3.37. The number of aromatic nitrogens is 2. The molecule has 0 bridgehead atoms. The van der Waals surface area contributed by atoms with Gasteiger partial charge >= 0.3 is 0 Å². The summed E-state index contributed by atoms with van der Waals surface area (Å²) in [6.45, 7) is 0.566. The lowest BCUT2D eigenvalue weighted by Gasteiger charge is -2.21. The van der Waals surface area contributed by atoms with Crippen LogP contribution in [0, 0.1) is 0 Å². The molecule has 0 radical (unpaired) electrons. The Morgan fingerprint density at radius 2 is 2.10 bits per heavy atom. The maximum Gasteiger partial charge on any atom is 0.258 e. The molecule has 1 fully saturated rings. The summed E-state index contributed by atoms with van der Waals surface area (Å²) in [5, 5.41) is 15.0. The van der Waals surface area contributed by atoms with Crippen molar-refractivity contribution < 1.29 is 9.90 Å². The summed E-state index contributed by atoms with van der Waals surface area (Å²) in [4.78, 5) is 13.8. The highest BCUT2D eigenvalue weighted by molar-refractivity contribution is 9.10. The Bertz CT molecular complexity index is 713. The van der Waals surface area contributed by atoms with Gasteiger partial charge in [-0.05, 0) is 33.6 Å². The van der Waals surface area contributed by atoms with Crippen molar-refractivity contribution in [2.45, 2.75) is 12.0 Å². The third-order valence-corrected chi connectivity index (χ3v) is 4.38. The Hall–Kier alpha value is -1.66. The molecule has 1 aromatic heterocycles. The van der Waals surface area contributed by atoms with E-state index in [1.165, 1.54) is 0 Å². The van der Waals surface area contributed by atoms with Gasteiger partial charge in [0.2, 0.25) is 0 Å². The van der Waals surface area contributed by atoms with Gasteiger partial charge < -0.3 is 10.0 Å². The number of benzene rings is 1. The van der Waals surface area contributed by atoms with E-state index in [-0.39, 0.29) is 5.91 Å². The molecule has 0 spiro atoms. The maximum absolute atomic E-state index is 12.2. The van der Waals surface area contributed by atoms with Gasteiger partial charge in [-0.2, -0.15) is 5.10 Å². The number of aliphatic hydroxyl groups is 1. The molecule has 0 saturated carbocycles. The summed E-state index contributed by atoms with van der Waals surface area (Å²) < 4.78 is 2.51. The second kappa shape index (κ2) is 4.96. The normalized spacial score (nSPS) is 22.1. The predicted molar refractivity (Wildman–Crippen MR) is 82.5 cm³/mol. The van der Waals surface area contributed by atoms with Crippen molar-refractivity contribution >= 4 is 21.8 Å². The zero-order valence-corrected chi connectivity index (χ0v) is 13.5. The Balaban J connectivity index is 2.05. The first-order valence-electron chi connectivity index (χ1n) is 6.70. The second-order valence-electron chi connectivity index (χ2n) is 5.39. The number of halogens is 1. The first kappa shape index (κ1) is 14.3. The van der Waals surface area contributed by atoms with Crippen LogP contribution in [0.4, 0.5) is 0 Å². The van der Waals surface area contributed by atoms with Crippen LogP contribution < -0.4 is 0 Å². The smallest absolute Gasteiger partial charge is 0.258 e. The molecule has 1 atom stereocenters. The molecule has 2 aromatic rings. The van der Waals surface area contributed by atoms with E-state index in [4.69, 9.17) is 0 Å². The molecule has 110 valence electrons. The topological polar surface area (TPSA) is 58.4 Å². The summed E-state index contributed by atoms with van der Waals surface area (Å²) in [6.07, 6.45) is 0.418. The summed E-state index contributed by atoms with van der Waals surface area (Å²) in [6, 6.07) is 9.37. The lowest BCUT2D eigenvalue weighted by Crippen LogP contribution is -2.36. The molecule has 2 heterocycles. The molecule has 1 aliphatic heterocycles. The number of likely N-dealkylation sites (N-methyl/N-ethyl adjacent to an activating group) is 1. The van der Waals surface area contributed by atoms with Crippen molar-refractivity contribution in [1.29, 1.82) is 0 Å². The van der Waals surface area contributed by atoms with Crippen LogP contribution in [0.25, 0.3) is 11.3 Å². The number of hydrogen-bond acceptors (Lipinski definition) is 3. The summed E-state index contributed by atoms with van der Waals surface area (Å²) in [5.41, 5.74) is 1.06. The van der Waals surface area contributed by atoms with Gasteiger partial charge in [0.1, 0.15) is 4.60 Å². The number of carbonyl (C=O) groups is 1. The number of aryl methyl sites for hydroxylation is 1. The Labute approximate surface area is 131 Å². The van der Waals surface area contributed by atoms with Crippen molar-refractivity contribution in [3.63, 3.8) is 0 Å². The number of rotatable bonds is 2. The van der Waals surface area contributed by atoms with Crippen molar-refractivity contribution in [3.05, 3.63) is 40.5 Å². The average molecular weight is 350 g/mol. The molecule has 21 heavy (non-hydrogen) atoms. The monoisotopic (exact) mass is 349 g/mol. The fourth-order valence-electron chi connectivity index (χ4n) is 2.76. The lowest BCUT2D eigenvalue weighted by molar-refractivity contribution is -0.143. The third kappa shape index (κ3) is 2.28. The van der Waals surface area contributed by atoms with E-state index in [0.29, 0.717) is 18.5 Å². The highest BCUT2D eigenvalue weighted by Crippen LogP contribution is 2.34. The molecule has 3 rings (SSSR count). The number of likely N-dealkylation sites (tertiary alicyclic amines) is 1. The van der Waals surface area contributed by atoms with Crippen molar-refractivity contribution in [2.75, 3.05) is 13.6 Å². The summed E-state index contributed by atoms with van der Waals surface area (Å²) in [7, 11) is 3.57. The zero-order valence-electron chi connectivity index (χ0n) is 11.9. The molecule has 1 aliphatic rings. The van der Waals surface area contributed by atoms with Gasteiger partial charge in [-0.25, -0.2) is 0 Å². The number of carbonyl (C=O) groups excluding carboxylic acids is 1. The fraction of sp³-hybridized carbons (Fsp3) is 0.333. The number of amides is 1. The van der Waals surface area contributed by atoms with Gasteiger partial charge in [0, 0.05) is 32.6 Å². The van der Waals surface area contributed by atoms with Crippen LogP contribution in [0.15, 0.2) is 34.9 Å². The second-order valence-corrected chi connectivity index (χ2v) is 6.21. The van der Waals surface area contributed by atoms with E-state index in [1.54, 1.807) is 22.7 Å². The minimum absolute atomic E-state index is 0.245.